The number of aromatic hydroxyl groups is 1. The number of benzene rings is 2. The van der Waals surface area contributed by atoms with Crippen molar-refractivity contribution in [2.45, 2.75) is 19.6 Å². The summed E-state index contributed by atoms with van der Waals surface area (Å²) >= 11 is 0. The minimum Gasteiger partial charge on any atom is -0.508 e. The first-order chi connectivity index (χ1) is 12.5. The standard InChI is InChI=1S/C19H19FN2O4/c1-3-26-18(15-7-6-14(25-2)9-16(15)20)19(24)22-11-13-5-4-12(10-21)8-17(13)23/h4-9,18,23H,3,11H2,1-2H3,(H,22,24). The quantitative estimate of drug-likeness (QED) is 0.794. The fourth-order valence-electron chi connectivity index (χ4n) is 2.38. The van der Waals surface area contributed by atoms with Gasteiger partial charge in [0.05, 0.1) is 18.7 Å². The Morgan fingerprint density at radius 1 is 1.35 bits per heavy atom. The second kappa shape index (κ2) is 8.83. The number of hydrogen-bond acceptors (Lipinski definition) is 5. The molecule has 0 spiro atoms. The molecule has 0 saturated heterocycles. The molecule has 2 rings (SSSR count). The molecule has 136 valence electrons. The average molecular weight is 358 g/mol. The van der Waals surface area contributed by atoms with Crippen LogP contribution in [0.1, 0.15) is 29.7 Å². The zero-order valence-corrected chi connectivity index (χ0v) is 14.5. The molecule has 0 aromatic heterocycles. The van der Waals surface area contributed by atoms with Gasteiger partial charge in [0.25, 0.3) is 5.91 Å². The fourth-order valence-corrected chi connectivity index (χ4v) is 2.38. The topological polar surface area (TPSA) is 91.6 Å². The lowest BCUT2D eigenvalue weighted by Gasteiger charge is -2.18. The number of phenolic OH excluding ortho intramolecular Hbond substituents is 1. The van der Waals surface area contributed by atoms with Crippen LogP contribution < -0.4 is 10.1 Å². The van der Waals surface area contributed by atoms with Gasteiger partial charge in [-0.25, -0.2) is 4.39 Å². The highest BCUT2D eigenvalue weighted by Gasteiger charge is 2.24. The van der Waals surface area contributed by atoms with Crippen molar-refractivity contribution >= 4 is 5.91 Å². The predicted octanol–water partition coefficient (Wildman–Crippen LogP) is 2.81. The lowest BCUT2D eigenvalue weighted by Crippen LogP contribution is -2.31. The van der Waals surface area contributed by atoms with Crippen LogP contribution in [0.2, 0.25) is 0 Å². The first-order valence-corrected chi connectivity index (χ1v) is 7.94. The van der Waals surface area contributed by atoms with Crippen molar-refractivity contribution in [3.05, 3.63) is 58.9 Å². The third kappa shape index (κ3) is 4.49. The smallest absolute Gasteiger partial charge is 0.254 e. The lowest BCUT2D eigenvalue weighted by atomic mass is 10.1. The molecule has 1 atom stereocenters. The van der Waals surface area contributed by atoms with Crippen molar-refractivity contribution in [2.75, 3.05) is 13.7 Å². The van der Waals surface area contributed by atoms with Crippen molar-refractivity contribution < 1.29 is 23.8 Å². The molecule has 0 aliphatic rings. The molecule has 0 saturated carbocycles. The second-order valence-corrected chi connectivity index (χ2v) is 5.40. The predicted molar refractivity (Wildman–Crippen MR) is 92.0 cm³/mol. The van der Waals surface area contributed by atoms with E-state index in [0.29, 0.717) is 16.9 Å². The van der Waals surface area contributed by atoms with E-state index in [0.717, 1.165) is 0 Å². The number of methoxy groups -OCH3 is 1. The van der Waals surface area contributed by atoms with E-state index in [9.17, 15) is 14.3 Å². The van der Waals surface area contributed by atoms with E-state index >= 15 is 0 Å². The third-order valence-corrected chi connectivity index (χ3v) is 3.73. The minimum atomic E-state index is -1.13. The Bertz CT molecular complexity index is 833. The number of hydrogen-bond donors (Lipinski definition) is 2. The zero-order chi connectivity index (χ0) is 19.1. The van der Waals surface area contributed by atoms with Gasteiger partial charge >= 0.3 is 0 Å². The number of ether oxygens (including phenoxy) is 2. The summed E-state index contributed by atoms with van der Waals surface area (Å²) in [7, 11) is 1.42. The van der Waals surface area contributed by atoms with E-state index in [1.165, 1.54) is 37.4 Å². The van der Waals surface area contributed by atoms with Gasteiger partial charge in [0.15, 0.2) is 6.10 Å². The monoisotopic (exact) mass is 358 g/mol. The van der Waals surface area contributed by atoms with E-state index in [4.69, 9.17) is 14.7 Å². The Hall–Kier alpha value is -3.11. The summed E-state index contributed by atoms with van der Waals surface area (Å²) in [5, 5.41) is 21.3. The zero-order valence-electron chi connectivity index (χ0n) is 14.5. The van der Waals surface area contributed by atoms with Crippen LogP contribution in [0, 0.1) is 17.1 Å². The highest BCUT2D eigenvalue weighted by molar-refractivity contribution is 5.82. The molecule has 1 amide bonds. The summed E-state index contributed by atoms with van der Waals surface area (Å²) in [6, 6.07) is 10.5. The number of halogens is 1. The molecule has 0 bridgehead atoms. The van der Waals surface area contributed by atoms with E-state index < -0.39 is 17.8 Å². The molecular weight excluding hydrogens is 339 g/mol. The van der Waals surface area contributed by atoms with Crippen molar-refractivity contribution in [1.82, 2.24) is 5.32 Å². The molecule has 0 aliphatic carbocycles. The van der Waals surface area contributed by atoms with E-state index in [1.54, 1.807) is 13.0 Å². The molecule has 0 heterocycles. The molecule has 2 N–H and O–H groups in total. The van der Waals surface area contributed by atoms with E-state index in [2.05, 4.69) is 5.32 Å². The largest absolute Gasteiger partial charge is 0.508 e. The summed E-state index contributed by atoms with van der Waals surface area (Å²) in [6.45, 7) is 1.93. The number of amides is 1. The Balaban J connectivity index is 2.15. The van der Waals surface area contributed by atoms with Crippen LogP contribution in [0.15, 0.2) is 36.4 Å². The minimum absolute atomic E-state index is 0.0116. The van der Waals surface area contributed by atoms with Crippen LogP contribution in [0.25, 0.3) is 0 Å². The number of rotatable bonds is 7. The SMILES string of the molecule is CCOC(C(=O)NCc1ccc(C#N)cc1O)c1ccc(OC)cc1F. The summed E-state index contributed by atoms with van der Waals surface area (Å²) < 4.78 is 24.6. The molecule has 0 aliphatic heterocycles. The van der Waals surface area contributed by atoms with Gasteiger partial charge in [-0.15, -0.1) is 0 Å². The molecular formula is C19H19FN2O4. The van der Waals surface area contributed by atoms with Gasteiger partial charge < -0.3 is 19.9 Å². The van der Waals surface area contributed by atoms with Crippen LogP contribution in [-0.4, -0.2) is 24.7 Å². The second-order valence-electron chi connectivity index (χ2n) is 5.40. The molecule has 26 heavy (non-hydrogen) atoms. The lowest BCUT2D eigenvalue weighted by molar-refractivity contribution is -0.133. The number of nitrogens with one attached hydrogen (secondary N) is 1. The number of carbonyl (C=O) groups excluding carboxylic acids is 1. The van der Waals surface area contributed by atoms with Crippen molar-refractivity contribution in [1.29, 1.82) is 5.26 Å². The van der Waals surface area contributed by atoms with Gasteiger partial charge in [-0.3, -0.25) is 4.79 Å². The van der Waals surface area contributed by atoms with Crippen LogP contribution in [0.3, 0.4) is 0 Å². The number of phenols is 1. The highest BCUT2D eigenvalue weighted by atomic mass is 19.1. The van der Waals surface area contributed by atoms with Gasteiger partial charge in [0, 0.05) is 30.3 Å². The Kier molecular flexibility index (Phi) is 6.53. The molecule has 2 aromatic carbocycles. The average Bonchev–Trinajstić information content (AvgIpc) is 2.65. The van der Waals surface area contributed by atoms with Crippen LogP contribution in [0.5, 0.6) is 11.5 Å². The summed E-state index contributed by atoms with van der Waals surface area (Å²) in [5.41, 5.74) is 0.835. The normalized spacial score (nSPS) is 11.5. The summed E-state index contributed by atoms with van der Waals surface area (Å²) in [5.74, 6) is -0.920. The molecule has 7 heteroatoms. The molecule has 2 aromatic rings. The van der Waals surface area contributed by atoms with Crippen molar-refractivity contribution in [3.8, 4) is 17.6 Å². The molecule has 1 unspecified atom stereocenters. The first-order valence-electron chi connectivity index (χ1n) is 7.94. The Labute approximate surface area is 150 Å². The van der Waals surface area contributed by atoms with Crippen LogP contribution >= 0.6 is 0 Å². The van der Waals surface area contributed by atoms with Crippen LogP contribution in [0.4, 0.5) is 4.39 Å². The van der Waals surface area contributed by atoms with Gasteiger partial charge in [-0.05, 0) is 31.2 Å². The molecule has 6 nitrogen and oxygen atoms in total. The van der Waals surface area contributed by atoms with Gasteiger partial charge in [0.2, 0.25) is 0 Å². The maximum atomic E-state index is 14.3. The van der Waals surface area contributed by atoms with Crippen LogP contribution in [-0.2, 0) is 16.1 Å². The number of carbonyl (C=O) groups is 1. The van der Waals surface area contributed by atoms with Gasteiger partial charge in [-0.1, -0.05) is 6.07 Å². The maximum Gasteiger partial charge on any atom is 0.254 e. The Morgan fingerprint density at radius 2 is 2.12 bits per heavy atom. The van der Waals surface area contributed by atoms with E-state index in [1.807, 2.05) is 6.07 Å². The van der Waals surface area contributed by atoms with Gasteiger partial charge in [0.1, 0.15) is 17.3 Å². The third-order valence-electron chi connectivity index (χ3n) is 3.73. The van der Waals surface area contributed by atoms with Gasteiger partial charge in [-0.2, -0.15) is 5.26 Å². The number of nitriles is 1. The molecule has 0 radical (unpaired) electrons. The fraction of sp³-hybridized carbons (Fsp3) is 0.263. The van der Waals surface area contributed by atoms with E-state index in [-0.39, 0.29) is 24.5 Å². The highest BCUT2D eigenvalue weighted by Crippen LogP contribution is 2.25. The summed E-state index contributed by atoms with van der Waals surface area (Å²) in [6.07, 6.45) is -1.13. The number of nitrogens with zero attached hydrogens (tertiary/aromatic N) is 1. The molecule has 0 fully saturated rings. The summed E-state index contributed by atoms with van der Waals surface area (Å²) in [4.78, 5) is 12.5. The van der Waals surface area contributed by atoms with Crippen molar-refractivity contribution in [2.24, 2.45) is 0 Å². The van der Waals surface area contributed by atoms with Crippen molar-refractivity contribution in [3.63, 3.8) is 0 Å². The Morgan fingerprint density at radius 3 is 2.69 bits per heavy atom. The maximum absolute atomic E-state index is 14.3. The first kappa shape index (κ1) is 19.2.